The molecule has 0 N–H and O–H groups in total. The summed E-state index contributed by atoms with van der Waals surface area (Å²) in [5.74, 6) is -5.47. The number of fused-ring (bicyclic) bond motifs is 1. The maximum Gasteiger partial charge on any atom is 0.424 e. The number of amides is 1. The van der Waals surface area contributed by atoms with E-state index in [2.05, 4.69) is 9.97 Å². The quantitative estimate of drug-likeness (QED) is 0.503. The standard InChI is InChI=1S/C27H33F2N3O5S/c1-16-20(12-11-19-10-9-18(15-31-19)21-8-7-13-30-24(21)36-6)23-17(2)32(25(33)37-26(3,4)5)38(34,35)22(23)14-27(16,28)29/h7-13,15-17,20,22-23H,14H2,1-6H3/b12-11+. The van der Waals surface area contributed by atoms with E-state index in [0.717, 1.165) is 11.1 Å². The van der Waals surface area contributed by atoms with Gasteiger partial charge >= 0.3 is 6.09 Å². The van der Waals surface area contributed by atoms with Crippen molar-refractivity contribution in [1.82, 2.24) is 14.3 Å². The molecular weight excluding hydrogens is 516 g/mol. The molecule has 3 heterocycles. The summed E-state index contributed by atoms with van der Waals surface area (Å²) in [5.41, 5.74) is 1.11. The van der Waals surface area contributed by atoms with Gasteiger partial charge in [-0.15, -0.1) is 0 Å². The zero-order valence-corrected chi connectivity index (χ0v) is 23.1. The van der Waals surface area contributed by atoms with Crippen LogP contribution in [0.4, 0.5) is 13.6 Å². The van der Waals surface area contributed by atoms with Gasteiger partial charge in [0.2, 0.25) is 15.9 Å². The number of allylic oxidation sites excluding steroid dienone is 1. The molecule has 4 rings (SSSR count). The molecule has 2 aromatic rings. The summed E-state index contributed by atoms with van der Waals surface area (Å²) in [6.07, 6.45) is 4.60. The van der Waals surface area contributed by atoms with E-state index in [1.54, 1.807) is 64.4 Å². The third-order valence-corrected chi connectivity index (χ3v) is 9.57. The van der Waals surface area contributed by atoms with E-state index in [1.807, 2.05) is 12.1 Å². The summed E-state index contributed by atoms with van der Waals surface area (Å²) >= 11 is 0. The minimum atomic E-state index is -4.35. The highest BCUT2D eigenvalue weighted by molar-refractivity contribution is 7.90. The van der Waals surface area contributed by atoms with E-state index in [-0.39, 0.29) is 0 Å². The van der Waals surface area contributed by atoms with Gasteiger partial charge in [0, 0.05) is 41.8 Å². The highest BCUT2D eigenvalue weighted by Gasteiger charge is 2.64. The lowest BCUT2D eigenvalue weighted by Gasteiger charge is -2.41. The van der Waals surface area contributed by atoms with Crippen molar-refractivity contribution in [3.05, 3.63) is 48.4 Å². The van der Waals surface area contributed by atoms with Crippen LogP contribution in [0, 0.1) is 17.8 Å². The van der Waals surface area contributed by atoms with Crippen LogP contribution in [0.15, 0.2) is 42.7 Å². The Kier molecular flexibility index (Phi) is 7.28. The van der Waals surface area contributed by atoms with Gasteiger partial charge in [0.25, 0.3) is 5.92 Å². The molecule has 0 spiro atoms. The van der Waals surface area contributed by atoms with E-state index in [0.29, 0.717) is 15.9 Å². The molecule has 38 heavy (non-hydrogen) atoms. The number of nitrogens with zero attached hydrogens (tertiary/aromatic N) is 3. The summed E-state index contributed by atoms with van der Waals surface area (Å²) in [7, 11) is -2.82. The molecule has 1 aliphatic carbocycles. The minimum Gasteiger partial charge on any atom is -0.481 e. The number of carbonyl (C=O) groups excluding carboxylic acids is 1. The van der Waals surface area contributed by atoms with Gasteiger partial charge < -0.3 is 9.47 Å². The number of carbonyl (C=O) groups is 1. The Morgan fingerprint density at radius 3 is 2.50 bits per heavy atom. The Labute approximate surface area is 222 Å². The van der Waals surface area contributed by atoms with Gasteiger partial charge in [0.1, 0.15) is 5.60 Å². The van der Waals surface area contributed by atoms with Crippen LogP contribution in [0.3, 0.4) is 0 Å². The van der Waals surface area contributed by atoms with E-state index in [1.165, 1.54) is 14.0 Å². The molecule has 5 atom stereocenters. The predicted octanol–water partition coefficient (Wildman–Crippen LogP) is 5.41. The predicted molar refractivity (Wildman–Crippen MR) is 139 cm³/mol. The summed E-state index contributed by atoms with van der Waals surface area (Å²) in [5, 5.41) is -1.40. The van der Waals surface area contributed by atoms with Crippen molar-refractivity contribution in [3.8, 4) is 17.0 Å². The van der Waals surface area contributed by atoms with Crippen molar-refractivity contribution in [1.29, 1.82) is 0 Å². The Morgan fingerprint density at radius 1 is 1.18 bits per heavy atom. The van der Waals surface area contributed by atoms with Crippen molar-refractivity contribution in [2.24, 2.45) is 17.8 Å². The second-order valence-corrected chi connectivity index (χ2v) is 12.9. The molecule has 2 aromatic heterocycles. The number of rotatable bonds is 4. The van der Waals surface area contributed by atoms with Crippen molar-refractivity contribution in [2.75, 3.05) is 7.11 Å². The Morgan fingerprint density at radius 2 is 1.89 bits per heavy atom. The number of ether oxygens (including phenoxy) is 2. The minimum absolute atomic E-state index is 0.452. The lowest BCUT2D eigenvalue weighted by Crippen LogP contribution is -2.49. The van der Waals surface area contributed by atoms with Gasteiger partial charge in [-0.3, -0.25) is 4.98 Å². The molecule has 5 unspecified atom stereocenters. The normalized spacial score (nSPS) is 28.2. The number of methoxy groups -OCH3 is 1. The lowest BCUT2D eigenvalue weighted by molar-refractivity contribution is -0.108. The Bertz CT molecular complexity index is 1320. The number of sulfonamides is 1. The summed E-state index contributed by atoms with van der Waals surface area (Å²) in [4.78, 5) is 21.5. The first-order valence-electron chi connectivity index (χ1n) is 12.4. The molecule has 2 fully saturated rings. The van der Waals surface area contributed by atoms with Gasteiger partial charge in [-0.1, -0.05) is 19.1 Å². The molecule has 8 nitrogen and oxygen atoms in total. The molecule has 0 radical (unpaired) electrons. The largest absolute Gasteiger partial charge is 0.481 e. The van der Waals surface area contributed by atoms with E-state index in [4.69, 9.17) is 9.47 Å². The van der Waals surface area contributed by atoms with Crippen LogP contribution in [-0.4, -0.2) is 58.7 Å². The number of halogens is 2. The van der Waals surface area contributed by atoms with Crippen LogP contribution < -0.4 is 4.74 Å². The fourth-order valence-corrected chi connectivity index (χ4v) is 7.82. The Balaban J connectivity index is 1.65. The van der Waals surface area contributed by atoms with Crippen LogP contribution in [-0.2, 0) is 14.8 Å². The Hall–Kier alpha value is -3.08. The first-order chi connectivity index (χ1) is 17.7. The molecular formula is C27H33F2N3O5S. The topological polar surface area (TPSA) is 98.7 Å². The maximum atomic E-state index is 15.1. The summed E-state index contributed by atoms with van der Waals surface area (Å²) in [6, 6.07) is 6.35. The summed E-state index contributed by atoms with van der Waals surface area (Å²) in [6.45, 7) is 7.87. The number of aromatic nitrogens is 2. The highest BCUT2D eigenvalue weighted by Crippen LogP contribution is 2.53. The maximum absolute atomic E-state index is 15.1. The number of hydrogen-bond donors (Lipinski definition) is 0. The average Bonchev–Trinajstić information content (AvgIpc) is 3.02. The van der Waals surface area contributed by atoms with Crippen LogP contribution in [0.2, 0.25) is 0 Å². The monoisotopic (exact) mass is 549 g/mol. The van der Waals surface area contributed by atoms with Gasteiger partial charge in [0.05, 0.1) is 24.1 Å². The molecule has 1 aliphatic heterocycles. The molecule has 0 bridgehead atoms. The molecule has 1 amide bonds. The van der Waals surface area contributed by atoms with E-state index < -0.39 is 63.1 Å². The third kappa shape index (κ3) is 5.12. The fourth-order valence-electron chi connectivity index (χ4n) is 5.44. The summed E-state index contributed by atoms with van der Waals surface area (Å²) < 4.78 is 68.2. The number of alkyl halides is 2. The van der Waals surface area contributed by atoms with Gasteiger partial charge in [-0.25, -0.2) is 31.3 Å². The average molecular weight is 550 g/mol. The smallest absolute Gasteiger partial charge is 0.424 e. The van der Waals surface area contributed by atoms with Gasteiger partial charge in [-0.2, -0.15) is 0 Å². The van der Waals surface area contributed by atoms with E-state index in [9.17, 15) is 13.2 Å². The first-order valence-corrected chi connectivity index (χ1v) is 14.0. The zero-order valence-electron chi connectivity index (χ0n) is 22.3. The molecule has 11 heteroatoms. The first kappa shape index (κ1) is 27.9. The SMILES string of the molecule is COc1ncccc1-c1ccc(/C=C/C2C3C(C)N(C(=O)OC(C)(C)C)S(=O)(=O)C3CC(F)(F)C2C)nc1. The van der Waals surface area contributed by atoms with Crippen LogP contribution in [0.25, 0.3) is 17.2 Å². The second kappa shape index (κ2) is 9.91. The van der Waals surface area contributed by atoms with Crippen LogP contribution in [0.1, 0.15) is 46.7 Å². The van der Waals surface area contributed by atoms with Crippen molar-refractivity contribution in [3.63, 3.8) is 0 Å². The third-order valence-electron chi connectivity index (χ3n) is 7.30. The van der Waals surface area contributed by atoms with Gasteiger partial charge in [-0.05, 0) is 57.9 Å². The van der Waals surface area contributed by atoms with Crippen LogP contribution in [0.5, 0.6) is 5.88 Å². The molecule has 206 valence electrons. The molecule has 2 aliphatic rings. The van der Waals surface area contributed by atoms with Crippen molar-refractivity contribution in [2.45, 2.75) is 63.9 Å². The molecule has 0 aromatic carbocycles. The van der Waals surface area contributed by atoms with Crippen LogP contribution >= 0.6 is 0 Å². The van der Waals surface area contributed by atoms with Crippen molar-refractivity contribution < 1.29 is 31.5 Å². The van der Waals surface area contributed by atoms with Gasteiger partial charge in [0.15, 0.2) is 0 Å². The fraction of sp³-hybridized carbons (Fsp3) is 0.519. The highest BCUT2D eigenvalue weighted by atomic mass is 32.2. The van der Waals surface area contributed by atoms with Crippen molar-refractivity contribution >= 4 is 22.2 Å². The second-order valence-electron chi connectivity index (χ2n) is 10.9. The molecule has 1 saturated heterocycles. The number of hydrogen-bond acceptors (Lipinski definition) is 7. The number of pyridine rings is 2. The zero-order chi connectivity index (χ0) is 28.0. The van der Waals surface area contributed by atoms with E-state index >= 15 is 8.78 Å². The lowest BCUT2D eigenvalue weighted by atomic mass is 9.68. The molecule has 1 saturated carbocycles.